The summed E-state index contributed by atoms with van der Waals surface area (Å²) in [5.41, 5.74) is 1.31. The minimum Gasteiger partial charge on any atom is -0.298 e. The third-order valence-electron chi connectivity index (χ3n) is 2.82. The molecular formula is C13H12F2N2O3S. The summed E-state index contributed by atoms with van der Waals surface area (Å²) in [5, 5.41) is 4.11. The standard InChI is InChI=1S/C13H12F2N2O3S/c1-17-6-10(7-18)13(16-17)9-2-4-11(5-3-9)21(19,20)8-12(14)15/h2-7,12H,8H2,1H3. The molecule has 2 aromatic rings. The Morgan fingerprint density at radius 2 is 1.90 bits per heavy atom. The van der Waals surface area contributed by atoms with E-state index in [4.69, 9.17) is 0 Å². The van der Waals surface area contributed by atoms with Crippen LogP contribution in [0.3, 0.4) is 0 Å². The van der Waals surface area contributed by atoms with Gasteiger partial charge in [0.1, 0.15) is 11.4 Å². The lowest BCUT2D eigenvalue weighted by Gasteiger charge is -2.05. The number of rotatable bonds is 5. The van der Waals surface area contributed by atoms with E-state index in [-0.39, 0.29) is 4.90 Å². The Morgan fingerprint density at radius 3 is 2.43 bits per heavy atom. The minimum absolute atomic E-state index is 0.185. The molecule has 0 saturated heterocycles. The maximum Gasteiger partial charge on any atom is 0.252 e. The Bertz CT molecular complexity index is 752. The van der Waals surface area contributed by atoms with Gasteiger partial charge in [0.25, 0.3) is 6.43 Å². The van der Waals surface area contributed by atoms with Crippen LogP contribution in [0.5, 0.6) is 0 Å². The van der Waals surface area contributed by atoms with Gasteiger partial charge < -0.3 is 0 Å². The van der Waals surface area contributed by atoms with Crippen LogP contribution >= 0.6 is 0 Å². The Morgan fingerprint density at radius 1 is 1.29 bits per heavy atom. The van der Waals surface area contributed by atoms with Crippen LogP contribution in [0.1, 0.15) is 10.4 Å². The van der Waals surface area contributed by atoms with E-state index in [2.05, 4.69) is 5.10 Å². The molecule has 0 amide bonds. The number of hydrogen-bond donors (Lipinski definition) is 0. The summed E-state index contributed by atoms with van der Waals surface area (Å²) in [6, 6.07) is 5.34. The molecule has 0 spiro atoms. The summed E-state index contributed by atoms with van der Waals surface area (Å²) >= 11 is 0. The third kappa shape index (κ3) is 3.33. The summed E-state index contributed by atoms with van der Waals surface area (Å²) in [6.07, 6.45) is -0.750. The quantitative estimate of drug-likeness (QED) is 0.791. The second-order valence-electron chi connectivity index (χ2n) is 4.42. The molecule has 1 aromatic heterocycles. The van der Waals surface area contributed by atoms with Crippen molar-refractivity contribution < 1.29 is 22.0 Å². The number of aromatic nitrogens is 2. The van der Waals surface area contributed by atoms with Crippen LogP contribution in [0.4, 0.5) is 8.78 Å². The van der Waals surface area contributed by atoms with Crippen molar-refractivity contribution in [3.63, 3.8) is 0 Å². The van der Waals surface area contributed by atoms with Crippen molar-refractivity contribution >= 4 is 16.1 Å². The van der Waals surface area contributed by atoms with E-state index >= 15 is 0 Å². The molecule has 1 aromatic carbocycles. The number of benzene rings is 1. The molecular weight excluding hydrogens is 302 g/mol. The second kappa shape index (κ2) is 5.72. The first-order valence-electron chi connectivity index (χ1n) is 5.93. The van der Waals surface area contributed by atoms with Gasteiger partial charge in [-0.15, -0.1) is 0 Å². The molecule has 0 radical (unpaired) electrons. The van der Waals surface area contributed by atoms with Gasteiger partial charge in [-0.05, 0) is 12.1 Å². The zero-order chi connectivity index (χ0) is 15.6. The van der Waals surface area contributed by atoms with Crippen LogP contribution in [0.25, 0.3) is 11.3 Å². The molecule has 1 heterocycles. The van der Waals surface area contributed by atoms with Gasteiger partial charge in [0.2, 0.25) is 0 Å². The molecule has 0 bridgehead atoms. The molecule has 21 heavy (non-hydrogen) atoms. The minimum atomic E-state index is -4.01. The number of sulfone groups is 1. The molecule has 0 aliphatic heterocycles. The predicted molar refractivity (Wildman–Crippen MR) is 72.1 cm³/mol. The molecule has 8 heteroatoms. The Labute approximate surface area is 120 Å². The van der Waals surface area contributed by atoms with Crippen LogP contribution in [0.15, 0.2) is 35.4 Å². The summed E-state index contributed by atoms with van der Waals surface area (Å²) in [4.78, 5) is 10.7. The number of carbonyl (C=O) groups is 1. The molecule has 0 saturated carbocycles. The normalized spacial score (nSPS) is 11.8. The maximum absolute atomic E-state index is 12.2. The Kier molecular flexibility index (Phi) is 4.17. The van der Waals surface area contributed by atoms with Gasteiger partial charge in [0, 0.05) is 18.8 Å². The summed E-state index contributed by atoms with van der Waals surface area (Å²) in [5.74, 6) is -1.21. The van der Waals surface area contributed by atoms with Crippen LogP contribution < -0.4 is 0 Å². The molecule has 5 nitrogen and oxygen atoms in total. The lowest BCUT2D eigenvalue weighted by Crippen LogP contribution is -2.13. The van der Waals surface area contributed by atoms with Crippen molar-refractivity contribution in [3.05, 3.63) is 36.0 Å². The van der Waals surface area contributed by atoms with E-state index in [9.17, 15) is 22.0 Å². The summed E-state index contributed by atoms with van der Waals surface area (Å²) in [6.45, 7) is 0. The van der Waals surface area contributed by atoms with Gasteiger partial charge in [-0.3, -0.25) is 9.48 Å². The first-order valence-corrected chi connectivity index (χ1v) is 7.59. The highest BCUT2D eigenvalue weighted by atomic mass is 32.2. The summed E-state index contributed by atoms with van der Waals surface area (Å²) in [7, 11) is -2.36. The summed E-state index contributed by atoms with van der Waals surface area (Å²) < 4.78 is 49.2. The van der Waals surface area contributed by atoms with E-state index < -0.39 is 22.0 Å². The monoisotopic (exact) mass is 314 g/mol. The zero-order valence-corrected chi connectivity index (χ0v) is 11.8. The van der Waals surface area contributed by atoms with Gasteiger partial charge in [-0.2, -0.15) is 5.10 Å². The van der Waals surface area contributed by atoms with Gasteiger partial charge in [-0.1, -0.05) is 12.1 Å². The Balaban J connectivity index is 2.37. The van der Waals surface area contributed by atoms with Crippen LogP contribution in [-0.2, 0) is 16.9 Å². The van der Waals surface area contributed by atoms with Gasteiger partial charge in [-0.25, -0.2) is 17.2 Å². The number of alkyl halides is 2. The largest absolute Gasteiger partial charge is 0.298 e. The number of carbonyl (C=O) groups excluding carboxylic acids is 1. The number of nitrogens with zero attached hydrogens (tertiary/aromatic N) is 2. The smallest absolute Gasteiger partial charge is 0.252 e. The third-order valence-corrected chi connectivity index (χ3v) is 4.50. The van der Waals surface area contributed by atoms with E-state index in [0.29, 0.717) is 23.1 Å². The van der Waals surface area contributed by atoms with Crippen molar-refractivity contribution in [2.24, 2.45) is 7.05 Å². The van der Waals surface area contributed by atoms with Crippen molar-refractivity contribution in [2.45, 2.75) is 11.3 Å². The first-order chi connectivity index (χ1) is 9.83. The molecule has 2 rings (SSSR count). The average Bonchev–Trinajstić information content (AvgIpc) is 2.79. The van der Waals surface area contributed by atoms with Gasteiger partial charge in [0.05, 0.1) is 10.5 Å². The highest BCUT2D eigenvalue weighted by Gasteiger charge is 2.20. The number of halogens is 2. The van der Waals surface area contributed by atoms with E-state index in [1.165, 1.54) is 35.1 Å². The highest BCUT2D eigenvalue weighted by Crippen LogP contribution is 2.23. The van der Waals surface area contributed by atoms with Crippen LogP contribution in [0.2, 0.25) is 0 Å². The van der Waals surface area contributed by atoms with Crippen molar-refractivity contribution in [2.75, 3.05) is 5.75 Å². The Hall–Kier alpha value is -2.09. The number of hydrogen-bond acceptors (Lipinski definition) is 4. The first kappa shape index (κ1) is 15.3. The average molecular weight is 314 g/mol. The molecule has 0 aliphatic rings. The zero-order valence-electron chi connectivity index (χ0n) is 11.0. The van der Waals surface area contributed by atoms with E-state index in [1.807, 2.05) is 0 Å². The topological polar surface area (TPSA) is 69.0 Å². The van der Waals surface area contributed by atoms with Crippen molar-refractivity contribution in [1.29, 1.82) is 0 Å². The molecule has 0 unspecified atom stereocenters. The van der Waals surface area contributed by atoms with Crippen LogP contribution in [-0.4, -0.2) is 36.7 Å². The maximum atomic E-state index is 12.2. The fourth-order valence-corrected chi connectivity index (χ4v) is 2.97. The lowest BCUT2D eigenvalue weighted by molar-refractivity contribution is 0.112. The predicted octanol–water partition coefficient (Wildman–Crippen LogP) is 1.94. The van der Waals surface area contributed by atoms with Gasteiger partial charge >= 0.3 is 0 Å². The molecule has 0 atom stereocenters. The SMILES string of the molecule is Cn1cc(C=O)c(-c2ccc(S(=O)(=O)CC(F)F)cc2)n1. The van der Waals surface area contributed by atoms with Gasteiger partial charge in [0.15, 0.2) is 16.1 Å². The lowest BCUT2D eigenvalue weighted by atomic mass is 10.1. The fourth-order valence-electron chi connectivity index (χ4n) is 1.90. The van der Waals surface area contributed by atoms with Crippen molar-refractivity contribution in [1.82, 2.24) is 9.78 Å². The van der Waals surface area contributed by atoms with E-state index in [1.54, 1.807) is 7.05 Å². The highest BCUT2D eigenvalue weighted by molar-refractivity contribution is 7.91. The number of aldehydes is 1. The number of aryl methyl sites for hydroxylation is 1. The fraction of sp³-hybridized carbons (Fsp3) is 0.231. The molecule has 0 fully saturated rings. The molecule has 0 N–H and O–H groups in total. The van der Waals surface area contributed by atoms with Crippen LogP contribution in [0, 0.1) is 0 Å². The van der Waals surface area contributed by atoms with E-state index in [0.717, 1.165) is 0 Å². The second-order valence-corrected chi connectivity index (χ2v) is 6.46. The van der Waals surface area contributed by atoms with Crippen molar-refractivity contribution in [3.8, 4) is 11.3 Å². The molecule has 0 aliphatic carbocycles. The molecule has 112 valence electrons.